The number of hydrogen-bond acceptors (Lipinski definition) is 3. The Morgan fingerprint density at radius 3 is 2.78 bits per heavy atom. The number of amides is 1. The van der Waals surface area contributed by atoms with Gasteiger partial charge in [0.05, 0.1) is 17.4 Å². The fraction of sp³-hybridized carbons (Fsp3) is 0.182. The summed E-state index contributed by atoms with van der Waals surface area (Å²) in [6, 6.07) is 15.8. The maximum absolute atomic E-state index is 13.0. The SMILES string of the molecule is Cc1c(Cl)cccc1Nc1cncc(C(=O)N2CCc3ccccc3C2)c1. The number of pyridine rings is 1. The third-order valence-corrected chi connectivity index (χ3v) is 5.36. The second-order valence-corrected chi connectivity index (χ2v) is 7.15. The summed E-state index contributed by atoms with van der Waals surface area (Å²) >= 11 is 6.19. The molecular formula is C22H20ClN3O. The number of rotatable bonds is 3. The Balaban J connectivity index is 1.54. The Labute approximate surface area is 163 Å². The number of anilines is 2. The van der Waals surface area contributed by atoms with Crippen molar-refractivity contribution in [2.75, 3.05) is 11.9 Å². The molecule has 0 radical (unpaired) electrons. The van der Waals surface area contributed by atoms with E-state index in [1.807, 2.05) is 48.2 Å². The minimum Gasteiger partial charge on any atom is -0.354 e. The van der Waals surface area contributed by atoms with Crippen LogP contribution in [-0.2, 0) is 13.0 Å². The average molecular weight is 378 g/mol. The molecule has 0 unspecified atom stereocenters. The first-order valence-electron chi connectivity index (χ1n) is 8.95. The summed E-state index contributed by atoms with van der Waals surface area (Å²) in [5.74, 6) is 0.00321. The number of halogens is 1. The molecule has 0 aliphatic carbocycles. The van der Waals surface area contributed by atoms with Crippen molar-refractivity contribution in [2.24, 2.45) is 0 Å². The minimum absolute atomic E-state index is 0.00321. The predicted octanol–water partition coefficient (Wildman–Crippen LogP) is 4.99. The van der Waals surface area contributed by atoms with Crippen LogP contribution in [0.25, 0.3) is 0 Å². The Hall–Kier alpha value is -2.85. The molecule has 0 bridgehead atoms. The van der Waals surface area contributed by atoms with Crippen LogP contribution in [0.3, 0.4) is 0 Å². The van der Waals surface area contributed by atoms with Crippen LogP contribution in [0.15, 0.2) is 60.9 Å². The van der Waals surface area contributed by atoms with Gasteiger partial charge in [0.15, 0.2) is 0 Å². The zero-order valence-corrected chi connectivity index (χ0v) is 15.8. The molecule has 1 N–H and O–H groups in total. The number of benzene rings is 2. The molecule has 1 amide bonds. The summed E-state index contributed by atoms with van der Waals surface area (Å²) in [5.41, 5.74) is 5.76. The van der Waals surface area contributed by atoms with E-state index in [4.69, 9.17) is 11.6 Å². The standard InChI is InChI=1S/C22H20ClN3O/c1-15-20(23)7-4-8-21(15)25-19-11-18(12-24-13-19)22(27)26-10-9-16-5-2-3-6-17(16)14-26/h2-8,11-13,25H,9-10,14H2,1H3. The van der Waals surface area contributed by atoms with Crippen LogP contribution in [-0.4, -0.2) is 22.3 Å². The molecule has 0 saturated carbocycles. The van der Waals surface area contributed by atoms with Gasteiger partial charge in [0, 0.05) is 30.0 Å². The summed E-state index contributed by atoms with van der Waals surface area (Å²) in [5, 5.41) is 4.01. The first-order chi connectivity index (χ1) is 13.1. The number of hydrogen-bond donors (Lipinski definition) is 1. The zero-order chi connectivity index (χ0) is 18.8. The van der Waals surface area contributed by atoms with Crippen molar-refractivity contribution in [1.82, 2.24) is 9.88 Å². The van der Waals surface area contributed by atoms with Crippen LogP contribution < -0.4 is 5.32 Å². The Bertz CT molecular complexity index is 1000. The second kappa shape index (κ2) is 7.41. The van der Waals surface area contributed by atoms with Gasteiger partial charge in [-0.1, -0.05) is 41.9 Å². The largest absolute Gasteiger partial charge is 0.354 e. The average Bonchev–Trinajstić information content (AvgIpc) is 2.71. The highest BCUT2D eigenvalue weighted by molar-refractivity contribution is 6.31. The van der Waals surface area contributed by atoms with Crippen molar-refractivity contribution < 1.29 is 4.79 Å². The van der Waals surface area contributed by atoms with E-state index in [0.717, 1.165) is 29.9 Å². The molecule has 136 valence electrons. The van der Waals surface area contributed by atoms with Crippen molar-refractivity contribution in [2.45, 2.75) is 19.9 Å². The summed E-state index contributed by atoms with van der Waals surface area (Å²) in [6.45, 7) is 3.32. The van der Waals surface area contributed by atoms with Crippen LogP contribution >= 0.6 is 11.6 Å². The highest BCUT2D eigenvalue weighted by atomic mass is 35.5. The molecule has 5 heteroatoms. The number of nitrogens with one attached hydrogen (secondary N) is 1. The lowest BCUT2D eigenvalue weighted by atomic mass is 9.99. The normalized spacial score (nSPS) is 13.2. The first-order valence-corrected chi connectivity index (χ1v) is 9.33. The summed E-state index contributed by atoms with van der Waals surface area (Å²) in [4.78, 5) is 19.1. The van der Waals surface area contributed by atoms with Gasteiger partial charge in [-0.15, -0.1) is 0 Å². The van der Waals surface area contributed by atoms with Gasteiger partial charge in [0.2, 0.25) is 0 Å². The van der Waals surface area contributed by atoms with Gasteiger partial charge in [-0.05, 0) is 48.2 Å². The monoisotopic (exact) mass is 377 g/mol. The van der Waals surface area contributed by atoms with E-state index >= 15 is 0 Å². The van der Waals surface area contributed by atoms with Crippen molar-refractivity contribution >= 4 is 28.9 Å². The Morgan fingerprint density at radius 1 is 1.11 bits per heavy atom. The maximum Gasteiger partial charge on any atom is 0.255 e. The van der Waals surface area contributed by atoms with Gasteiger partial charge < -0.3 is 10.2 Å². The molecule has 0 spiro atoms. The van der Waals surface area contributed by atoms with Crippen LogP contribution in [0, 0.1) is 6.92 Å². The molecule has 3 aromatic rings. The minimum atomic E-state index is 0.00321. The molecular weight excluding hydrogens is 358 g/mol. The van der Waals surface area contributed by atoms with E-state index < -0.39 is 0 Å². The third kappa shape index (κ3) is 3.67. The van der Waals surface area contributed by atoms with E-state index in [0.29, 0.717) is 17.1 Å². The van der Waals surface area contributed by atoms with Crippen molar-refractivity contribution in [3.8, 4) is 0 Å². The zero-order valence-electron chi connectivity index (χ0n) is 15.1. The van der Waals surface area contributed by atoms with E-state index in [-0.39, 0.29) is 5.91 Å². The van der Waals surface area contributed by atoms with Gasteiger partial charge in [0.25, 0.3) is 5.91 Å². The van der Waals surface area contributed by atoms with Crippen molar-refractivity contribution in [3.05, 3.63) is 88.2 Å². The van der Waals surface area contributed by atoms with E-state index in [9.17, 15) is 4.79 Å². The van der Waals surface area contributed by atoms with Gasteiger partial charge in [0.1, 0.15) is 0 Å². The lowest BCUT2D eigenvalue weighted by Gasteiger charge is -2.29. The molecule has 4 rings (SSSR count). The molecule has 1 aliphatic heterocycles. The van der Waals surface area contributed by atoms with Crippen LogP contribution in [0.2, 0.25) is 5.02 Å². The molecule has 1 aliphatic rings. The van der Waals surface area contributed by atoms with Gasteiger partial charge in [-0.2, -0.15) is 0 Å². The molecule has 0 atom stereocenters. The molecule has 2 heterocycles. The lowest BCUT2D eigenvalue weighted by Crippen LogP contribution is -2.36. The lowest BCUT2D eigenvalue weighted by molar-refractivity contribution is 0.0734. The van der Waals surface area contributed by atoms with Crippen LogP contribution in [0.5, 0.6) is 0 Å². The molecule has 4 nitrogen and oxygen atoms in total. The number of fused-ring (bicyclic) bond motifs is 1. The van der Waals surface area contributed by atoms with Crippen molar-refractivity contribution in [1.29, 1.82) is 0 Å². The first kappa shape index (κ1) is 17.6. The molecule has 2 aromatic carbocycles. The summed E-state index contributed by atoms with van der Waals surface area (Å²) < 4.78 is 0. The smallest absolute Gasteiger partial charge is 0.255 e. The third-order valence-electron chi connectivity index (χ3n) is 4.95. The van der Waals surface area contributed by atoms with Gasteiger partial charge >= 0.3 is 0 Å². The van der Waals surface area contributed by atoms with Crippen molar-refractivity contribution in [3.63, 3.8) is 0 Å². The number of carbonyl (C=O) groups excluding carboxylic acids is 1. The summed E-state index contributed by atoms with van der Waals surface area (Å²) in [7, 11) is 0. The fourth-order valence-corrected chi connectivity index (χ4v) is 3.55. The molecule has 1 aromatic heterocycles. The highest BCUT2D eigenvalue weighted by Crippen LogP contribution is 2.27. The number of aromatic nitrogens is 1. The quantitative estimate of drug-likeness (QED) is 0.699. The molecule has 0 saturated heterocycles. The number of carbonyl (C=O) groups is 1. The Kier molecular flexibility index (Phi) is 4.82. The van der Waals surface area contributed by atoms with E-state index in [1.54, 1.807) is 12.4 Å². The second-order valence-electron chi connectivity index (χ2n) is 6.75. The molecule has 0 fully saturated rings. The number of nitrogens with zero attached hydrogens (tertiary/aromatic N) is 2. The summed E-state index contributed by atoms with van der Waals surface area (Å²) in [6.07, 6.45) is 4.22. The van der Waals surface area contributed by atoms with Gasteiger partial charge in [-0.3, -0.25) is 9.78 Å². The molecule has 27 heavy (non-hydrogen) atoms. The van der Waals surface area contributed by atoms with Crippen LogP contribution in [0.1, 0.15) is 27.0 Å². The topological polar surface area (TPSA) is 45.2 Å². The fourth-order valence-electron chi connectivity index (χ4n) is 3.38. The maximum atomic E-state index is 13.0. The highest BCUT2D eigenvalue weighted by Gasteiger charge is 2.22. The van der Waals surface area contributed by atoms with Crippen LogP contribution in [0.4, 0.5) is 11.4 Å². The van der Waals surface area contributed by atoms with Gasteiger partial charge in [-0.25, -0.2) is 0 Å². The van der Waals surface area contributed by atoms with E-state index in [1.165, 1.54) is 11.1 Å². The van der Waals surface area contributed by atoms with E-state index in [2.05, 4.69) is 22.4 Å². The predicted molar refractivity (Wildman–Crippen MR) is 109 cm³/mol. The Morgan fingerprint density at radius 2 is 1.93 bits per heavy atom.